The van der Waals surface area contributed by atoms with E-state index in [1.54, 1.807) is 0 Å². The quantitative estimate of drug-likeness (QED) is 0.142. The zero-order valence-corrected chi connectivity index (χ0v) is 15.2. The van der Waals surface area contributed by atoms with Gasteiger partial charge in [0.15, 0.2) is 0 Å². The molecule has 124 valence electrons. The van der Waals surface area contributed by atoms with Crippen molar-refractivity contribution < 1.29 is 9.53 Å². The Morgan fingerprint density at radius 2 is 1.14 bits per heavy atom. The van der Waals surface area contributed by atoms with E-state index in [1.165, 1.54) is 76.7 Å². The van der Waals surface area contributed by atoms with Crippen LogP contribution in [0.3, 0.4) is 0 Å². The van der Waals surface area contributed by atoms with Crippen molar-refractivity contribution in [1.29, 1.82) is 0 Å². The van der Waals surface area contributed by atoms with Crippen LogP contribution in [0.2, 0.25) is 0 Å². The highest BCUT2D eigenvalue weighted by Gasteiger charge is 1.96. The summed E-state index contributed by atoms with van der Waals surface area (Å²) in [5.74, 6) is -0.304. The minimum Gasteiger partial charge on any atom is -0.463 e. The smallest absolute Gasteiger partial charge is 0.330 e. The van der Waals surface area contributed by atoms with E-state index in [0.717, 1.165) is 18.2 Å². The molecule has 0 saturated heterocycles. The lowest BCUT2D eigenvalue weighted by Crippen LogP contribution is -2.01. The molecule has 0 amide bonds. The summed E-state index contributed by atoms with van der Waals surface area (Å²) in [7, 11) is 0. The summed E-state index contributed by atoms with van der Waals surface area (Å²) in [6, 6.07) is 0. The lowest BCUT2D eigenvalue weighted by molar-refractivity contribution is -0.137. The molecule has 2 nitrogen and oxygen atoms in total. The van der Waals surface area contributed by atoms with Crippen molar-refractivity contribution in [2.75, 3.05) is 11.9 Å². The predicted molar refractivity (Wildman–Crippen MR) is 95.0 cm³/mol. The SMILES string of the molecule is C=CC(=O)OCCCCCCCCCCCCCCCBr. The van der Waals surface area contributed by atoms with Gasteiger partial charge in [-0.3, -0.25) is 0 Å². The maximum Gasteiger partial charge on any atom is 0.330 e. The Morgan fingerprint density at radius 3 is 1.52 bits per heavy atom. The van der Waals surface area contributed by atoms with E-state index in [-0.39, 0.29) is 5.97 Å². The van der Waals surface area contributed by atoms with E-state index in [9.17, 15) is 4.79 Å². The van der Waals surface area contributed by atoms with Gasteiger partial charge in [0.2, 0.25) is 0 Å². The Labute approximate surface area is 139 Å². The van der Waals surface area contributed by atoms with E-state index in [1.807, 2.05) is 0 Å². The molecule has 0 aliphatic carbocycles. The monoisotopic (exact) mass is 360 g/mol. The molecule has 0 aromatic carbocycles. The van der Waals surface area contributed by atoms with E-state index in [0.29, 0.717) is 6.61 Å². The van der Waals surface area contributed by atoms with Gasteiger partial charge in [-0.2, -0.15) is 0 Å². The lowest BCUT2D eigenvalue weighted by atomic mass is 10.0. The number of unbranched alkanes of at least 4 members (excludes halogenated alkanes) is 12. The van der Waals surface area contributed by atoms with Gasteiger partial charge in [-0.15, -0.1) is 0 Å². The highest BCUT2D eigenvalue weighted by molar-refractivity contribution is 9.09. The van der Waals surface area contributed by atoms with Crippen LogP contribution in [0.15, 0.2) is 12.7 Å². The number of carbonyl (C=O) groups is 1. The van der Waals surface area contributed by atoms with E-state index in [4.69, 9.17) is 4.74 Å². The summed E-state index contributed by atoms with van der Waals surface area (Å²) in [5.41, 5.74) is 0. The molecule has 0 N–H and O–H groups in total. The topological polar surface area (TPSA) is 26.3 Å². The molecular weight excluding hydrogens is 328 g/mol. The van der Waals surface area contributed by atoms with Gasteiger partial charge in [0, 0.05) is 11.4 Å². The second-order valence-electron chi connectivity index (χ2n) is 5.66. The van der Waals surface area contributed by atoms with Crippen LogP contribution in [-0.2, 0) is 9.53 Å². The largest absolute Gasteiger partial charge is 0.463 e. The summed E-state index contributed by atoms with van der Waals surface area (Å²) >= 11 is 3.47. The molecule has 0 rings (SSSR count). The van der Waals surface area contributed by atoms with Crippen molar-refractivity contribution in [2.45, 2.75) is 83.5 Å². The Hall–Kier alpha value is -0.310. The predicted octanol–water partition coefficient (Wildman–Crippen LogP) is 6.18. The highest BCUT2D eigenvalue weighted by atomic mass is 79.9. The minimum atomic E-state index is -0.304. The van der Waals surface area contributed by atoms with Gasteiger partial charge in [0.1, 0.15) is 0 Å². The molecule has 3 heteroatoms. The molecule has 0 aliphatic rings. The molecule has 0 aromatic rings. The zero-order chi connectivity index (χ0) is 15.6. The normalized spacial score (nSPS) is 10.5. The maximum atomic E-state index is 10.8. The van der Waals surface area contributed by atoms with Crippen molar-refractivity contribution >= 4 is 21.9 Å². The lowest BCUT2D eigenvalue weighted by Gasteiger charge is -2.03. The summed E-state index contributed by atoms with van der Waals surface area (Å²) in [4.78, 5) is 10.8. The molecule has 0 aromatic heterocycles. The molecule has 0 heterocycles. The van der Waals surface area contributed by atoms with E-state index >= 15 is 0 Å². The van der Waals surface area contributed by atoms with Crippen LogP contribution < -0.4 is 0 Å². The number of hydrogen-bond donors (Lipinski definition) is 0. The number of ether oxygens (including phenoxy) is 1. The summed E-state index contributed by atoms with van der Waals surface area (Å²) in [6.45, 7) is 3.91. The molecule has 0 atom stereocenters. The Kier molecular flexibility index (Phi) is 17.5. The number of esters is 1. The highest BCUT2D eigenvalue weighted by Crippen LogP contribution is 2.12. The first-order chi connectivity index (χ1) is 10.3. The summed E-state index contributed by atoms with van der Waals surface area (Å²) in [5, 5.41) is 1.16. The first kappa shape index (κ1) is 20.7. The number of alkyl halides is 1. The molecule has 21 heavy (non-hydrogen) atoms. The zero-order valence-electron chi connectivity index (χ0n) is 13.6. The summed E-state index contributed by atoms with van der Waals surface area (Å²) < 4.78 is 4.94. The number of halogens is 1. The first-order valence-corrected chi connectivity index (χ1v) is 9.78. The molecule has 0 spiro atoms. The van der Waals surface area contributed by atoms with Crippen LogP contribution in [0, 0.1) is 0 Å². The van der Waals surface area contributed by atoms with Crippen LogP contribution >= 0.6 is 15.9 Å². The third kappa shape index (κ3) is 17.6. The minimum absolute atomic E-state index is 0.304. The van der Waals surface area contributed by atoms with Crippen molar-refractivity contribution in [2.24, 2.45) is 0 Å². The maximum absolute atomic E-state index is 10.8. The number of carbonyl (C=O) groups excluding carboxylic acids is 1. The summed E-state index contributed by atoms with van der Waals surface area (Å²) in [6.07, 6.45) is 18.4. The number of rotatable bonds is 16. The Morgan fingerprint density at radius 1 is 0.762 bits per heavy atom. The molecule has 0 radical (unpaired) electrons. The van der Waals surface area contributed by atoms with Gasteiger partial charge in [0.25, 0.3) is 0 Å². The first-order valence-electron chi connectivity index (χ1n) is 8.66. The van der Waals surface area contributed by atoms with Gasteiger partial charge >= 0.3 is 5.97 Å². The fourth-order valence-electron chi connectivity index (χ4n) is 2.37. The fraction of sp³-hybridized carbons (Fsp3) is 0.833. The van der Waals surface area contributed by atoms with Crippen molar-refractivity contribution in [3.63, 3.8) is 0 Å². The molecule has 0 saturated carbocycles. The molecule has 0 unspecified atom stereocenters. The van der Waals surface area contributed by atoms with Gasteiger partial charge in [-0.25, -0.2) is 4.79 Å². The van der Waals surface area contributed by atoms with Gasteiger partial charge in [-0.1, -0.05) is 93.1 Å². The van der Waals surface area contributed by atoms with Crippen LogP contribution in [0.25, 0.3) is 0 Å². The van der Waals surface area contributed by atoms with Crippen LogP contribution in [0.4, 0.5) is 0 Å². The second kappa shape index (κ2) is 17.7. The standard InChI is InChI=1S/C18H33BrO2/c1-2-18(20)21-17-15-13-11-9-7-5-3-4-6-8-10-12-14-16-19/h2H,1,3-17H2. The number of hydrogen-bond acceptors (Lipinski definition) is 2. The van der Waals surface area contributed by atoms with Gasteiger partial charge < -0.3 is 4.74 Å². The molecule has 0 aliphatic heterocycles. The Bertz CT molecular complexity index is 241. The van der Waals surface area contributed by atoms with Gasteiger partial charge in [0.05, 0.1) is 6.61 Å². The van der Waals surface area contributed by atoms with Crippen LogP contribution in [0.5, 0.6) is 0 Å². The van der Waals surface area contributed by atoms with Crippen LogP contribution in [0.1, 0.15) is 83.5 Å². The molecule has 0 bridgehead atoms. The van der Waals surface area contributed by atoms with E-state index < -0.39 is 0 Å². The van der Waals surface area contributed by atoms with Crippen molar-refractivity contribution in [3.05, 3.63) is 12.7 Å². The van der Waals surface area contributed by atoms with Crippen molar-refractivity contribution in [3.8, 4) is 0 Å². The second-order valence-corrected chi connectivity index (χ2v) is 6.45. The molecule has 0 fully saturated rings. The third-order valence-electron chi connectivity index (χ3n) is 3.69. The van der Waals surface area contributed by atoms with E-state index in [2.05, 4.69) is 22.5 Å². The van der Waals surface area contributed by atoms with Crippen molar-refractivity contribution in [1.82, 2.24) is 0 Å². The average molecular weight is 361 g/mol. The van der Waals surface area contributed by atoms with Crippen LogP contribution in [-0.4, -0.2) is 17.9 Å². The fourth-order valence-corrected chi connectivity index (χ4v) is 2.77. The molecular formula is C18H33BrO2. The Balaban J connectivity index is 2.99. The average Bonchev–Trinajstić information content (AvgIpc) is 2.50. The third-order valence-corrected chi connectivity index (χ3v) is 4.25. The van der Waals surface area contributed by atoms with Gasteiger partial charge in [-0.05, 0) is 12.8 Å².